The van der Waals surface area contributed by atoms with Crippen LogP contribution in [0.25, 0.3) is 10.8 Å². The Bertz CT molecular complexity index is 935. The molecule has 0 aliphatic carbocycles. The van der Waals surface area contributed by atoms with E-state index in [9.17, 15) is 9.59 Å². The van der Waals surface area contributed by atoms with Gasteiger partial charge in [0.05, 0.1) is 16.5 Å². The van der Waals surface area contributed by atoms with Gasteiger partial charge in [0.1, 0.15) is 17.7 Å². The summed E-state index contributed by atoms with van der Waals surface area (Å²) in [6.07, 6.45) is 1.20. The van der Waals surface area contributed by atoms with E-state index in [-0.39, 0.29) is 27.5 Å². The Labute approximate surface area is 119 Å². The number of fused-ring (bicyclic) bond motifs is 1. The van der Waals surface area contributed by atoms with Crippen LogP contribution >= 0.6 is 0 Å². The summed E-state index contributed by atoms with van der Waals surface area (Å²) in [6.45, 7) is 0. The molecule has 0 amide bonds. The summed E-state index contributed by atoms with van der Waals surface area (Å²) in [5.41, 5.74) is -0.416. The van der Waals surface area contributed by atoms with Crippen molar-refractivity contribution >= 4 is 16.5 Å². The van der Waals surface area contributed by atoms with Crippen molar-refractivity contribution in [1.29, 1.82) is 10.5 Å². The molecule has 0 saturated heterocycles. The average Bonchev–Trinajstić information content (AvgIpc) is 2.51. The van der Waals surface area contributed by atoms with Gasteiger partial charge in [-0.1, -0.05) is 6.07 Å². The van der Waals surface area contributed by atoms with Gasteiger partial charge in [-0.3, -0.25) is 19.0 Å². The van der Waals surface area contributed by atoms with Gasteiger partial charge in [0, 0.05) is 20.3 Å². The lowest BCUT2D eigenvalue weighted by Crippen LogP contribution is -2.35. The molecule has 21 heavy (non-hydrogen) atoms. The molecule has 1 heterocycles. The van der Waals surface area contributed by atoms with Crippen molar-refractivity contribution in [2.45, 2.75) is 0 Å². The minimum absolute atomic E-state index is 0.132. The third kappa shape index (κ3) is 2.28. The highest BCUT2D eigenvalue weighted by atomic mass is 16.2. The van der Waals surface area contributed by atoms with Crippen molar-refractivity contribution in [3.05, 3.63) is 50.7 Å². The minimum Gasteiger partial charge on any atom is -0.359 e. The number of nitrogens with zero attached hydrogens (tertiary/aromatic N) is 4. The van der Waals surface area contributed by atoms with Gasteiger partial charge < -0.3 is 5.32 Å². The third-order valence-electron chi connectivity index (χ3n) is 3.16. The summed E-state index contributed by atoms with van der Waals surface area (Å²) in [4.78, 5) is 24.5. The maximum atomic E-state index is 12.3. The van der Waals surface area contributed by atoms with Crippen molar-refractivity contribution in [2.24, 2.45) is 14.1 Å². The fourth-order valence-corrected chi connectivity index (χ4v) is 1.93. The number of anilines is 1. The molecular formula is C14H11N5O2. The van der Waals surface area contributed by atoms with E-state index >= 15 is 0 Å². The van der Waals surface area contributed by atoms with Crippen LogP contribution in [0.1, 0.15) is 0 Å². The summed E-state index contributed by atoms with van der Waals surface area (Å²) in [7, 11) is 3.00. The topological polar surface area (TPSA) is 104 Å². The smallest absolute Gasteiger partial charge is 0.275 e. The Morgan fingerprint density at radius 2 is 1.76 bits per heavy atom. The standard InChI is InChI=1S/C14H11N5O2/c1-18-13(20)10-4-3-5-11(12(10)14(21)19(18)2)17-8-9(6-15)7-16/h3-5,8,17H,1-2H3. The van der Waals surface area contributed by atoms with E-state index in [2.05, 4.69) is 5.32 Å². The highest BCUT2D eigenvalue weighted by Gasteiger charge is 2.11. The zero-order valence-corrected chi connectivity index (χ0v) is 11.4. The number of benzene rings is 1. The number of nitriles is 2. The minimum atomic E-state index is -0.348. The molecule has 7 heteroatoms. The van der Waals surface area contributed by atoms with Crippen LogP contribution < -0.4 is 16.4 Å². The summed E-state index contributed by atoms with van der Waals surface area (Å²) >= 11 is 0. The fourth-order valence-electron chi connectivity index (χ4n) is 1.93. The molecule has 2 aromatic rings. The normalized spacial score (nSPS) is 9.71. The van der Waals surface area contributed by atoms with Gasteiger partial charge in [-0.05, 0) is 12.1 Å². The number of nitrogens with one attached hydrogen (secondary N) is 1. The molecular weight excluding hydrogens is 270 g/mol. The molecule has 0 atom stereocenters. The van der Waals surface area contributed by atoms with Crippen LogP contribution in [0.15, 0.2) is 39.6 Å². The molecule has 0 spiro atoms. The zero-order chi connectivity index (χ0) is 15.6. The maximum absolute atomic E-state index is 12.3. The van der Waals surface area contributed by atoms with Gasteiger partial charge in [-0.25, -0.2) is 0 Å². The van der Waals surface area contributed by atoms with E-state index in [4.69, 9.17) is 10.5 Å². The van der Waals surface area contributed by atoms with Gasteiger partial charge >= 0.3 is 0 Å². The summed E-state index contributed by atoms with van der Waals surface area (Å²) in [5, 5.41) is 20.6. The van der Waals surface area contributed by atoms with Crippen LogP contribution in [-0.2, 0) is 14.1 Å². The molecule has 1 aromatic heterocycles. The van der Waals surface area contributed by atoms with Crippen LogP contribution in [0, 0.1) is 22.7 Å². The lowest BCUT2D eigenvalue weighted by atomic mass is 10.1. The first-order valence-corrected chi connectivity index (χ1v) is 5.97. The number of aromatic nitrogens is 2. The molecule has 0 aliphatic rings. The van der Waals surface area contributed by atoms with Gasteiger partial charge in [-0.15, -0.1) is 0 Å². The highest BCUT2D eigenvalue weighted by molar-refractivity contribution is 5.92. The fraction of sp³-hybridized carbons (Fsp3) is 0.143. The van der Waals surface area contributed by atoms with Gasteiger partial charge in [-0.2, -0.15) is 10.5 Å². The molecule has 2 rings (SSSR count). The van der Waals surface area contributed by atoms with Crippen molar-refractivity contribution in [3.8, 4) is 12.1 Å². The summed E-state index contributed by atoms with van der Waals surface area (Å²) in [5.74, 6) is 0. The molecule has 0 aliphatic heterocycles. The second-order valence-corrected chi connectivity index (χ2v) is 4.31. The SMILES string of the molecule is Cn1c(=O)c2cccc(NC=C(C#N)C#N)c2c(=O)n1C. The molecule has 0 radical (unpaired) electrons. The first-order chi connectivity index (χ1) is 10.0. The molecule has 0 unspecified atom stereocenters. The van der Waals surface area contributed by atoms with Gasteiger partial charge in [0.15, 0.2) is 0 Å². The molecule has 0 fully saturated rings. The lowest BCUT2D eigenvalue weighted by molar-refractivity contribution is 0.543. The quantitative estimate of drug-likeness (QED) is 0.811. The van der Waals surface area contributed by atoms with E-state index in [1.807, 2.05) is 0 Å². The van der Waals surface area contributed by atoms with E-state index in [0.717, 1.165) is 0 Å². The Balaban J connectivity index is 2.77. The monoisotopic (exact) mass is 281 g/mol. The zero-order valence-electron chi connectivity index (χ0n) is 11.4. The predicted molar refractivity (Wildman–Crippen MR) is 77.4 cm³/mol. The van der Waals surface area contributed by atoms with E-state index in [1.54, 1.807) is 30.3 Å². The van der Waals surface area contributed by atoms with E-state index in [0.29, 0.717) is 5.69 Å². The summed E-state index contributed by atoms with van der Waals surface area (Å²) < 4.78 is 2.43. The number of rotatable bonds is 2. The van der Waals surface area contributed by atoms with E-state index in [1.165, 1.54) is 29.7 Å². The van der Waals surface area contributed by atoms with Crippen molar-refractivity contribution in [2.75, 3.05) is 5.32 Å². The van der Waals surface area contributed by atoms with Crippen molar-refractivity contribution in [3.63, 3.8) is 0 Å². The number of hydrogen-bond donors (Lipinski definition) is 1. The predicted octanol–water partition coefficient (Wildman–Crippen LogP) is 0.580. The van der Waals surface area contributed by atoms with E-state index < -0.39 is 0 Å². The molecule has 7 nitrogen and oxygen atoms in total. The first-order valence-electron chi connectivity index (χ1n) is 5.97. The largest absolute Gasteiger partial charge is 0.359 e. The molecule has 1 N–H and O–H groups in total. The molecule has 104 valence electrons. The van der Waals surface area contributed by atoms with Crippen LogP contribution in [0.4, 0.5) is 5.69 Å². The Hall–Kier alpha value is -3.32. The summed E-state index contributed by atoms with van der Waals surface area (Å²) in [6, 6.07) is 8.19. The third-order valence-corrected chi connectivity index (χ3v) is 3.16. The van der Waals surface area contributed by atoms with Gasteiger partial charge in [0.25, 0.3) is 11.1 Å². The van der Waals surface area contributed by atoms with Gasteiger partial charge in [0.2, 0.25) is 0 Å². The van der Waals surface area contributed by atoms with Crippen LogP contribution in [-0.4, -0.2) is 9.36 Å². The van der Waals surface area contributed by atoms with Crippen LogP contribution in [0.5, 0.6) is 0 Å². The van der Waals surface area contributed by atoms with Crippen molar-refractivity contribution < 1.29 is 0 Å². The van der Waals surface area contributed by atoms with Crippen LogP contribution in [0.3, 0.4) is 0 Å². The Morgan fingerprint density at radius 1 is 1.14 bits per heavy atom. The van der Waals surface area contributed by atoms with Crippen LogP contribution in [0.2, 0.25) is 0 Å². The molecule has 0 saturated carbocycles. The Kier molecular flexibility index (Phi) is 3.59. The lowest BCUT2D eigenvalue weighted by Gasteiger charge is -2.10. The second-order valence-electron chi connectivity index (χ2n) is 4.31. The molecule has 1 aromatic carbocycles. The Morgan fingerprint density at radius 3 is 2.38 bits per heavy atom. The maximum Gasteiger partial charge on any atom is 0.275 e. The highest BCUT2D eigenvalue weighted by Crippen LogP contribution is 2.17. The number of allylic oxidation sites excluding steroid dienone is 1. The average molecular weight is 281 g/mol. The van der Waals surface area contributed by atoms with Crippen molar-refractivity contribution in [1.82, 2.24) is 9.36 Å². The second kappa shape index (κ2) is 5.35. The molecule has 0 bridgehead atoms. The first kappa shape index (κ1) is 14.1. The number of hydrogen-bond acceptors (Lipinski definition) is 5.